The Morgan fingerprint density at radius 2 is 0.505 bits per heavy atom. The van der Waals surface area contributed by atoms with Crippen LogP contribution < -0.4 is 0 Å². The number of hydrogen-bond donors (Lipinski definition) is 4. The van der Waals surface area contributed by atoms with Crippen molar-refractivity contribution in [2.24, 2.45) is 0 Å². The molecule has 18 heteroatoms. The van der Waals surface area contributed by atoms with Crippen LogP contribution in [0.1, 0.15) is 252 Å². The highest BCUT2D eigenvalue weighted by molar-refractivity contribution is 7.47. The van der Waals surface area contributed by atoms with E-state index in [1.165, 1.54) is 19.3 Å². The number of phosphoric acid groups is 2. The molecule has 0 aliphatic heterocycles. The number of rotatable bonds is 68. The maximum absolute atomic E-state index is 13.0. The van der Waals surface area contributed by atoms with E-state index in [-0.39, 0.29) is 19.3 Å². The van der Waals surface area contributed by atoms with Gasteiger partial charge in [0.25, 0.3) is 0 Å². The highest BCUT2D eigenvalue weighted by atomic mass is 31.2. The van der Waals surface area contributed by atoms with Gasteiger partial charge < -0.3 is 34.2 Å². The van der Waals surface area contributed by atoms with E-state index in [1.807, 2.05) is 0 Å². The average molecular weight is 1420 g/mol. The van der Waals surface area contributed by atoms with Gasteiger partial charge in [-0.3, -0.25) is 32.5 Å². The van der Waals surface area contributed by atoms with Crippen LogP contribution in [-0.4, -0.2) is 95.9 Å². The summed E-state index contributed by atoms with van der Waals surface area (Å²) in [5.74, 6) is -1.66. The zero-order valence-corrected chi connectivity index (χ0v) is 62.6. The molecule has 0 aromatic carbocycles. The lowest BCUT2D eigenvalue weighted by atomic mass is 10.1. The van der Waals surface area contributed by atoms with Crippen molar-refractivity contribution >= 4 is 33.6 Å². The van der Waals surface area contributed by atoms with Crippen molar-refractivity contribution in [3.63, 3.8) is 0 Å². The fourth-order valence-corrected chi connectivity index (χ4v) is 10.6. The summed E-state index contributed by atoms with van der Waals surface area (Å²) >= 11 is 0. The quantitative estimate of drug-likeness (QED) is 0.0146. The van der Waals surface area contributed by atoms with E-state index in [1.54, 1.807) is 0 Å². The van der Waals surface area contributed by atoms with Gasteiger partial charge >= 0.3 is 33.6 Å². The summed E-state index contributed by atoms with van der Waals surface area (Å²) in [6.45, 7) is 2.22. The van der Waals surface area contributed by atoms with Crippen molar-refractivity contribution in [1.82, 2.24) is 0 Å². The lowest BCUT2D eigenvalue weighted by Crippen LogP contribution is -2.30. The predicted octanol–water partition coefficient (Wildman–Crippen LogP) is 21.4. The molecule has 0 aliphatic rings. The van der Waals surface area contributed by atoms with Gasteiger partial charge in [-0.2, -0.15) is 0 Å². The molecule has 16 nitrogen and oxygen atoms in total. The van der Waals surface area contributed by atoms with Crippen molar-refractivity contribution < 1.29 is 75.8 Å². The van der Waals surface area contributed by atoms with Crippen LogP contribution in [-0.2, 0) is 55.8 Å². The molecule has 0 heterocycles. The van der Waals surface area contributed by atoms with Gasteiger partial charge in [0.1, 0.15) is 25.4 Å². The second kappa shape index (κ2) is 72.4. The lowest BCUT2D eigenvalue weighted by molar-refractivity contribution is -0.161. The second-order valence-electron chi connectivity index (χ2n) is 23.9. The Hall–Kier alpha value is -5.35. The molecule has 0 aromatic heterocycles. The Kier molecular flexibility index (Phi) is 68.5. The van der Waals surface area contributed by atoms with Crippen LogP contribution in [0.25, 0.3) is 0 Å². The molecule has 0 radical (unpaired) electrons. The Bertz CT molecular complexity index is 2530. The first-order valence-corrected chi connectivity index (χ1v) is 40.1. The summed E-state index contributed by atoms with van der Waals surface area (Å²) in [6.07, 6.45) is 92.2. The van der Waals surface area contributed by atoms with Crippen LogP contribution in [0.5, 0.6) is 0 Å². The van der Waals surface area contributed by atoms with E-state index < -0.39 is 91.5 Å². The number of esters is 3. The number of carbonyl (C=O) groups excluding carboxylic acids is 3. The third-order valence-electron chi connectivity index (χ3n) is 14.6. The van der Waals surface area contributed by atoms with Gasteiger partial charge in [0.2, 0.25) is 0 Å². The van der Waals surface area contributed by atoms with Gasteiger partial charge in [-0.1, -0.05) is 261 Å². The molecule has 0 amide bonds. The zero-order valence-electron chi connectivity index (χ0n) is 60.8. The van der Waals surface area contributed by atoms with Crippen LogP contribution >= 0.6 is 15.6 Å². The van der Waals surface area contributed by atoms with Crippen LogP contribution in [0.2, 0.25) is 0 Å². The van der Waals surface area contributed by atoms with Crippen LogP contribution in [0.3, 0.4) is 0 Å². The predicted molar refractivity (Wildman–Crippen MR) is 408 cm³/mol. The molecule has 5 unspecified atom stereocenters. The Balaban J connectivity index is 4.68. The third kappa shape index (κ3) is 73.7. The first-order valence-electron chi connectivity index (χ1n) is 37.1. The summed E-state index contributed by atoms with van der Waals surface area (Å²) in [5, 5.41) is 20.6. The third-order valence-corrected chi connectivity index (χ3v) is 16.5. The first kappa shape index (κ1) is 93.6. The molecule has 0 saturated carbocycles. The molecule has 0 saturated heterocycles. The summed E-state index contributed by atoms with van der Waals surface area (Å²) in [5.41, 5.74) is 0. The second-order valence-corrected chi connectivity index (χ2v) is 26.9. The number of phosphoric ester groups is 2. The Labute approximate surface area is 598 Å². The van der Waals surface area contributed by atoms with Gasteiger partial charge in [-0.15, -0.1) is 0 Å². The van der Waals surface area contributed by atoms with Gasteiger partial charge in [0.15, 0.2) is 6.10 Å². The molecule has 5 atom stereocenters. The number of carbonyl (C=O) groups is 3. The number of aliphatic hydroxyl groups is 2. The molecule has 0 fully saturated rings. The first-order chi connectivity index (χ1) is 48.2. The van der Waals surface area contributed by atoms with E-state index in [0.29, 0.717) is 19.3 Å². The van der Waals surface area contributed by atoms with Crippen molar-refractivity contribution in [3.8, 4) is 0 Å². The van der Waals surface area contributed by atoms with Gasteiger partial charge in [-0.05, 0) is 154 Å². The van der Waals surface area contributed by atoms with Crippen molar-refractivity contribution in [1.29, 1.82) is 0 Å². The monoisotopic (exact) mass is 1420 g/mol. The van der Waals surface area contributed by atoms with Crippen molar-refractivity contribution in [3.05, 3.63) is 182 Å². The molecule has 4 N–H and O–H groups in total. The maximum atomic E-state index is 13.0. The fourth-order valence-electron chi connectivity index (χ4n) is 9.06. The molecule has 0 aromatic rings. The average Bonchev–Trinajstić information content (AvgIpc) is 2.62. The molecule has 99 heavy (non-hydrogen) atoms. The van der Waals surface area contributed by atoms with Crippen molar-refractivity contribution in [2.75, 3.05) is 39.6 Å². The van der Waals surface area contributed by atoms with E-state index in [2.05, 4.69) is 203 Å². The Morgan fingerprint density at radius 1 is 0.283 bits per heavy atom. The molecule has 0 spiro atoms. The summed E-state index contributed by atoms with van der Waals surface area (Å²) in [4.78, 5) is 58.6. The molecule has 560 valence electrons. The van der Waals surface area contributed by atoms with E-state index in [4.69, 9.17) is 32.3 Å². The number of aliphatic hydroxyl groups excluding tert-OH is 2. The lowest BCUT2D eigenvalue weighted by Gasteiger charge is -2.21. The van der Waals surface area contributed by atoms with Crippen molar-refractivity contribution in [2.45, 2.75) is 270 Å². The standard InChI is InChI=1S/C81H130O16P2/c1-4-7-10-13-16-19-22-25-28-31-33-34-35-36-37-38-39-40-42-45-46-49-52-55-58-61-64-67-79(84)91-70-76(82)71-93-98(87,88)94-72-77(83)73-95-99(89,90)96-75-78(97-81(86)69-66-63-60-57-54-51-48-43-30-27-24-21-18-15-12-9-6-3)74-92-80(85)68-65-62-59-56-53-50-47-44-41-32-29-26-23-20-17-14-11-8-5-2/h7-12,16-21,25-30,33-34,36-37,39-41,44,48,50-51,53,76-78,82-83H,4-6,13-15,22-24,31-32,35,38,42-43,45-47,49,52,54-75H2,1-3H3,(H,87,88)(H,89,90)/b10-7-,11-8-,12-9-,19-16-,20-17-,21-18-,28-25-,29-26-,30-27-,34-33-,37-36-,40-39-,44-41-,51-48-,53-50-. The van der Waals surface area contributed by atoms with E-state index >= 15 is 0 Å². The summed E-state index contributed by atoms with van der Waals surface area (Å²) < 4.78 is 61.0. The summed E-state index contributed by atoms with van der Waals surface area (Å²) in [7, 11) is -9.82. The minimum Gasteiger partial charge on any atom is -0.463 e. The molecular formula is C81H130O16P2. The highest BCUT2D eigenvalue weighted by Gasteiger charge is 2.29. The molecule has 0 aliphatic carbocycles. The smallest absolute Gasteiger partial charge is 0.463 e. The van der Waals surface area contributed by atoms with Gasteiger partial charge in [-0.25, -0.2) is 9.13 Å². The Morgan fingerprint density at radius 3 is 0.808 bits per heavy atom. The topological polar surface area (TPSA) is 231 Å². The van der Waals surface area contributed by atoms with E-state index in [9.17, 15) is 43.5 Å². The minimum atomic E-state index is -4.95. The number of hydrogen-bond acceptors (Lipinski definition) is 14. The van der Waals surface area contributed by atoms with Crippen LogP contribution in [0.15, 0.2) is 182 Å². The van der Waals surface area contributed by atoms with E-state index in [0.717, 1.165) is 173 Å². The molecule has 0 bridgehead atoms. The fraction of sp³-hybridized carbons (Fsp3) is 0.593. The van der Waals surface area contributed by atoms with Gasteiger partial charge in [0.05, 0.1) is 26.4 Å². The number of allylic oxidation sites excluding steroid dienone is 30. The zero-order chi connectivity index (χ0) is 72.3. The maximum Gasteiger partial charge on any atom is 0.472 e. The highest BCUT2D eigenvalue weighted by Crippen LogP contribution is 2.45. The molecule has 0 rings (SSSR count). The SMILES string of the molecule is CC/C=C\C/C=C\C/C=C\C/C=C\C/C=C\C/C=C\CCCCCCCCCCC(=O)OCC(O)COP(=O)(O)OCC(O)COP(=O)(O)OCC(COC(=O)CCCCC/C=C\C/C=C\C/C=C\C/C=C\C/C=C\CC)OC(=O)CCCCCC/C=C\C/C=C\C/C=C\C/C=C\CC. The number of ether oxygens (including phenoxy) is 3. The summed E-state index contributed by atoms with van der Waals surface area (Å²) in [6, 6.07) is 0. The van der Waals surface area contributed by atoms with Crippen LogP contribution in [0.4, 0.5) is 0 Å². The van der Waals surface area contributed by atoms with Gasteiger partial charge in [0, 0.05) is 19.3 Å². The number of unbranched alkanes of at least 4 members (excludes halogenated alkanes) is 15. The molecular weight excluding hydrogens is 1290 g/mol. The van der Waals surface area contributed by atoms with Crippen LogP contribution in [0, 0.1) is 0 Å². The largest absolute Gasteiger partial charge is 0.472 e. The normalized spacial score (nSPS) is 15.1. The minimum absolute atomic E-state index is 0.0615.